The Kier molecular flexibility index (Phi) is 13.2. The van der Waals surface area contributed by atoms with Gasteiger partial charge >= 0.3 is 5.97 Å². The van der Waals surface area contributed by atoms with Crippen molar-refractivity contribution < 1.29 is 77.4 Å². The average Bonchev–Trinajstić information content (AvgIpc) is 3.43. The van der Waals surface area contributed by atoms with E-state index in [1.54, 1.807) is 35.2 Å². The van der Waals surface area contributed by atoms with Crippen molar-refractivity contribution in [1.82, 2.24) is 0 Å². The fraction of sp³-hybridized carbons (Fsp3) is 0.909. The summed E-state index contributed by atoms with van der Waals surface area (Å²) >= 11 is 0. The van der Waals surface area contributed by atoms with Crippen LogP contribution in [0.15, 0.2) is 11.6 Å². The van der Waals surface area contributed by atoms with Gasteiger partial charge < -0.3 is 67.8 Å². The van der Waals surface area contributed by atoms with Crippen LogP contribution in [0.1, 0.15) is 113 Å². The molecular weight excluding hydrogens is 784 g/mol. The number of aliphatic hydroxyl groups is 4. The van der Waals surface area contributed by atoms with Crippen LogP contribution >= 0.6 is 0 Å². The van der Waals surface area contributed by atoms with Crippen molar-refractivity contribution in [2.75, 3.05) is 21.3 Å². The number of esters is 1. The number of ketones is 1. The molecule has 0 amide bonds. The first kappa shape index (κ1) is 46.4. The van der Waals surface area contributed by atoms with Crippen LogP contribution in [0.5, 0.6) is 0 Å². The Bertz CT molecular complexity index is 1610. The lowest BCUT2D eigenvalue weighted by Gasteiger charge is -2.67. The second kappa shape index (κ2) is 17.1. The topological polar surface area (TPSA) is 207 Å². The zero-order chi connectivity index (χ0) is 43.7. The van der Waals surface area contributed by atoms with Crippen LogP contribution in [0, 0.1) is 16.7 Å². The number of Topliss-reactive ketones (excluding diaryl/α,β-unsaturated/α-hetero) is 1. The molecule has 16 heteroatoms. The van der Waals surface area contributed by atoms with E-state index in [1.807, 2.05) is 19.9 Å². The molecule has 4 N–H and O–H groups in total. The monoisotopic (exact) mass is 854 g/mol. The Hall–Kier alpha value is -1.64. The number of hydrogen-bond donors (Lipinski definition) is 4. The van der Waals surface area contributed by atoms with Gasteiger partial charge in [-0.3, -0.25) is 9.59 Å². The van der Waals surface area contributed by atoms with E-state index in [1.165, 1.54) is 13.8 Å². The maximum Gasteiger partial charge on any atom is 0.302 e. The molecule has 0 aromatic rings. The number of hydrogen-bond acceptors (Lipinski definition) is 16. The summed E-state index contributed by atoms with van der Waals surface area (Å²) in [6.07, 6.45) is -1.80. The molecule has 3 aliphatic heterocycles. The number of ether oxygens (including phenoxy) is 10. The van der Waals surface area contributed by atoms with Gasteiger partial charge in [0.15, 0.2) is 24.7 Å². The Morgan fingerprint density at radius 1 is 0.733 bits per heavy atom. The van der Waals surface area contributed by atoms with E-state index < -0.39 is 113 Å². The minimum atomic E-state index is -1.97. The van der Waals surface area contributed by atoms with Gasteiger partial charge in [0.25, 0.3) is 0 Å². The van der Waals surface area contributed by atoms with Crippen LogP contribution in [-0.4, -0.2) is 156 Å². The summed E-state index contributed by atoms with van der Waals surface area (Å²) in [5.74, 6) is -1.62. The summed E-state index contributed by atoms with van der Waals surface area (Å²) in [4.78, 5) is 25.5. The Morgan fingerprint density at radius 3 is 1.80 bits per heavy atom. The molecule has 0 radical (unpaired) electrons. The van der Waals surface area contributed by atoms with Crippen molar-refractivity contribution in [2.45, 2.75) is 215 Å². The van der Waals surface area contributed by atoms with Crippen molar-refractivity contribution in [3.8, 4) is 0 Å². The average molecular weight is 855 g/mol. The van der Waals surface area contributed by atoms with Crippen molar-refractivity contribution in [3.05, 3.63) is 11.6 Å². The number of methoxy groups -OCH3 is 3. The lowest BCUT2D eigenvalue weighted by atomic mass is 9.42. The van der Waals surface area contributed by atoms with Gasteiger partial charge in [0.1, 0.15) is 41.2 Å². The van der Waals surface area contributed by atoms with Crippen molar-refractivity contribution in [2.24, 2.45) is 16.7 Å². The van der Waals surface area contributed by atoms with Crippen LogP contribution in [0.2, 0.25) is 0 Å². The quantitative estimate of drug-likeness (QED) is 0.174. The third-order valence-corrected chi connectivity index (χ3v) is 16.2. The predicted molar refractivity (Wildman–Crippen MR) is 211 cm³/mol. The van der Waals surface area contributed by atoms with Gasteiger partial charge in [-0.15, -0.1) is 0 Å². The highest BCUT2D eigenvalue weighted by Crippen LogP contribution is 2.71. The highest BCUT2D eigenvalue weighted by atomic mass is 16.7. The third kappa shape index (κ3) is 7.44. The predicted octanol–water partition coefficient (Wildman–Crippen LogP) is 3.01. The minimum Gasteiger partial charge on any atom is -0.462 e. The summed E-state index contributed by atoms with van der Waals surface area (Å²) in [6.45, 7) is 11.9. The second-order valence-corrected chi connectivity index (χ2v) is 19.2. The molecule has 0 aromatic carbocycles. The highest BCUT2D eigenvalue weighted by Gasteiger charge is 2.81. The van der Waals surface area contributed by atoms with Gasteiger partial charge in [-0.05, 0) is 85.0 Å². The lowest BCUT2D eigenvalue weighted by Crippen LogP contribution is -2.78. The van der Waals surface area contributed by atoms with E-state index in [9.17, 15) is 30.0 Å². The molecule has 6 fully saturated rings. The molecule has 7 aliphatic rings. The largest absolute Gasteiger partial charge is 0.462 e. The molecule has 20 unspecified atom stereocenters. The molecule has 7 rings (SSSR count). The summed E-state index contributed by atoms with van der Waals surface area (Å²) < 4.78 is 61.6. The standard InChI is InChI=1S/C44H70O16/c1-22-37(47)29(51-8)18-35(54-22)59-39-24(3)56-36(20-31(39)53-10)60-38-23(2)55-34(19-30(38)52-9)58-28-12-13-40(6)27(17-28)11-14-43(49)32(40)21-33(57-26(5)46)41(7)42(48,25(4)45)15-16-44(41,43)50/h11,22-24,28-39,47-50H,12-21H2,1-10H3. The zero-order valence-electron chi connectivity index (χ0n) is 37.0. The van der Waals surface area contributed by atoms with Gasteiger partial charge in [0, 0.05) is 53.4 Å². The maximum atomic E-state index is 13.0. The molecule has 4 aliphatic carbocycles. The van der Waals surface area contributed by atoms with Crippen molar-refractivity contribution in [1.29, 1.82) is 0 Å². The van der Waals surface area contributed by atoms with Gasteiger partial charge in [0.2, 0.25) is 0 Å². The Morgan fingerprint density at radius 2 is 1.27 bits per heavy atom. The second-order valence-electron chi connectivity index (χ2n) is 19.2. The van der Waals surface area contributed by atoms with E-state index in [0.717, 1.165) is 5.57 Å². The molecule has 60 heavy (non-hydrogen) atoms. The molecule has 0 spiro atoms. The van der Waals surface area contributed by atoms with Gasteiger partial charge in [0.05, 0.1) is 48.1 Å². The number of fused-ring (bicyclic) bond motifs is 5. The van der Waals surface area contributed by atoms with E-state index in [0.29, 0.717) is 38.5 Å². The fourth-order valence-electron chi connectivity index (χ4n) is 12.6. The van der Waals surface area contributed by atoms with Crippen LogP contribution in [-0.2, 0) is 57.0 Å². The van der Waals surface area contributed by atoms with E-state index in [4.69, 9.17) is 47.4 Å². The molecular formula is C44H70O16. The fourth-order valence-corrected chi connectivity index (χ4v) is 12.6. The Labute approximate surface area is 353 Å². The number of carbonyl (C=O) groups is 2. The zero-order valence-corrected chi connectivity index (χ0v) is 37.0. The molecule has 342 valence electrons. The number of rotatable bonds is 11. The summed E-state index contributed by atoms with van der Waals surface area (Å²) in [7, 11) is 4.84. The van der Waals surface area contributed by atoms with Crippen LogP contribution in [0.4, 0.5) is 0 Å². The van der Waals surface area contributed by atoms with Crippen molar-refractivity contribution >= 4 is 11.8 Å². The van der Waals surface area contributed by atoms with Gasteiger partial charge in [-0.2, -0.15) is 0 Å². The van der Waals surface area contributed by atoms with Gasteiger partial charge in [-0.25, -0.2) is 0 Å². The molecule has 0 aromatic heterocycles. The first-order chi connectivity index (χ1) is 28.2. The normalized spacial score (nSPS) is 51.8. The molecule has 3 heterocycles. The lowest BCUT2D eigenvalue weighted by molar-refractivity contribution is -0.338. The van der Waals surface area contributed by atoms with E-state index in [-0.39, 0.29) is 44.0 Å². The summed E-state index contributed by atoms with van der Waals surface area (Å²) in [6, 6.07) is 0. The smallest absolute Gasteiger partial charge is 0.302 e. The first-order valence-electron chi connectivity index (χ1n) is 21.9. The Balaban J connectivity index is 0.988. The number of aliphatic hydroxyl groups excluding tert-OH is 1. The van der Waals surface area contributed by atoms with E-state index in [2.05, 4.69) is 6.92 Å². The SMILES string of the molecule is COC1CC(OC2C(C)OC(OC3C(C)OC(OC4CCC5(C)C(=CCC6(O)C5CC(OC(C)=O)C5(C)C(O)(C(C)=O)CCC65O)C4)CC3OC)CC2OC)OC(C)C1O. The van der Waals surface area contributed by atoms with Crippen LogP contribution < -0.4 is 0 Å². The minimum absolute atomic E-state index is 0.0109. The van der Waals surface area contributed by atoms with E-state index >= 15 is 0 Å². The van der Waals surface area contributed by atoms with Crippen LogP contribution in [0.3, 0.4) is 0 Å². The van der Waals surface area contributed by atoms with Gasteiger partial charge in [-0.1, -0.05) is 18.6 Å². The summed E-state index contributed by atoms with van der Waals surface area (Å²) in [5, 5.41) is 47.6. The highest BCUT2D eigenvalue weighted by molar-refractivity contribution is 5.87. The van der Waals surface area contributed by atoms with Crippen LogP contribution in [0.25, 0.3) is 0 Å². The molecule has 0 bridgehead atoms. The molecule has 3 saturated heterocycles. The summed E-state index contributed by atoms with van der Waals surface area (Å²) in [5.41, 5.74) is -6.65. The molecule has 3 saturated carbocycles. The van der Waals surface area contributed by atoms with Crippen molar-refractivity contribution in [3.63, 3.8) is 0 Å². The maximum absolute atomic E-state index is 13.0. The molecule has 16 nitrogen and oxygen atoms in total. The first-order valence-corrected chi connectivity index (χ1v) is 21.9. The number of carbonyl (C=O) groups excluding carboxylic acids is 2. The molecule has 20 atom stereocenters. The third-order valence-electron chi connectivity index (χ3n) is 16.2.